The Morgan fingerprint density at radius 1 is 1.23 bits per heavy atom. The molecule has 4 rings (SSSR count). The smallest absolute Gasteiger partial charge is 0.0739 e. The van der Waals surface area contributed by atoms with Crippen LogP contribution in [0.25, 0.3) is 27.9 Å². The third kappa shape index (κ3) is 4.49. The number of unbranched alkanes of at least 4 members (excludes halogenated alkanes) is 1. The van der Waals surface area contributed by atoms with E-state index in [1.54, 1.807) is 0 Å². The van der Waals surface area contributed by atoms with Gasteiger partial charge in [0.05, 0.1) is 16.2 Å². The fourth-order valence-corrected chi connectivity index (χ4v) is 4.61. The lowest BCUT2D eigenvalue weighted by Gasteiger charge is -2.43. The highest BCUT2D eigenvalue weighted by Crippen LogP contribution is 2.31. The van der Waals surface area contributed by atoms with Gasteiger partial charge in [-0.3, -0.25) is 0 Å². The number of piperazine rings is 1. The third-order valence-corrected chi connectivity index (χ3v) is 6.54. The highest BCUT2D eigenvalue weighted by molar-refractivity contribution is 6.35. The van der Waals surface area contributed by atoms with Crippen LogP contribution in [0.15, 0.2) is 61.6 Å². The maximum absolute atomic E-state index is 6.57. The summed E-state index contributed by atoms with van der Waals surface area (Å²) in [5, 5.41) is 1.67. The molecule has 31 heavy (non-hydrogen) atoms. The van der Waals surface area contributed by atoms with Crippen molar-refractivity contribution in [2.24, 2.45) is 0 Å². The molecule has 1 aliphatic heterocycles. The Labute approximate surface area is 190 Å². The minimum atomic E-state index is 0.373. The lowest BCUT2D eigenvalue weighted by molar-refractivity contribution is 0.155. The number of halogens is 1. The number of aromatic amines is 1. The molecule has 3 aromatic rings. The normalized spacial score (nSPS) is 16.7. The second-order valence-electron chi connectivity index (χ2n) is 8.43. The summed E-state index contributed by atoms with van der Waals surface area (Å²) < 4.78 is 0. The first-order valence-electron chi connectivity index (χ1n) is 11.1. The van der Waals surface area contributed by atoms with E-state index in [9.17, 15) is 0 Å². The first kappa shape index (κ1) is 21.5. The number of H-pyrrole nitrogens is 1. The standard InChI is InChI=1S/C26H31ClN4/c1-5-6-7-18(2)30-12-13-31(19(3)17-30)20(4)21-8-9-23-24(27)15-25(29-26(23)14-21)22-10-11-28-16-22/h8-11,14-16,19,28H,2,4-7,12-13,17H2,1,3H3. The SMILES string of the molecule is C=C(CCCC)N1CCN(C(=C)c2ccc3c(Cl)cc(-c4cc[nH]c4)nc3c2)C(C)C1. The van der Waals surface area contributed by atoms with Crippen LogP contribution in [-0.2, 0) is 0 Å². The van der Waals surface area contributed by atoms with E-state index in [0.29, 0.717) is 11.1 Å². The van der Waals surface area contributed by atoms with E-state index in [4.69, 9.17) is 16.6 Å². The molecule has 2 aromatic heterocycles. The lowest BCUT2D eigenvalue weighted by Crippen LogP contribution is -2.50. The monoisotopic (exact) mass is 434 g/mol. The number of fused-ring (bicyclic) bond motifs is 1. The number of aromatic nitrogens is 2. The predicted octanol–water partition coefficient (Wildman–Crippen LogP) is 6.56. The Hall–Kier alpha value is -2.72. The molecule has 1 atom stereocenters. The van der Waals surface area contributed by atoms with Gasteiger partial charge in [-0.1, -0.05) is 50.2 Å². The second-order valence-corrected chi connectivity index (χ2v) is 8.83. The van der Waals surface area contributed by atoms with Crippen LogP contribution < -0.4 is 0 Å². The molecular formula is C26H31ClN4. The Balaban J connectivity index is 1.54. The average molecular weight is 435 g/mol. The Bertz CT molecular complexity index is 1090. The summed E-state index contributed by atoms with van der Waals surface area (Å²) in [6.07, 6.45) is 7.33. The van der Waals surface area contributed by atoms with Gasteiger partial charge in [-0.15, -0.1) is 0 Å². The fourth-order valence-electron chi connectivity index (χ4n) is 4.35. The lowest BCUT2D eigenvalue weighted by atomic mass is 10.0. The van der Waals surface area contributed by atoms with E-state index < -0.39 is 0 Å². The number of hydrogen-bond donors (Lipinski definition) is 1. The fraction of sp³-hybridized carbons (Fsp3) is 0.346. The number of hydrogen-bond acceptors (Lipinski definition) is 3. The van der Waals surface area contributed by atoms with Gasteiger partial charge >= 0.3 is 0 Å². The maximum Gasteiger partial charge on any atom is 0.0739 e. The number of benzene rings is 1. The molecule has 5 heteroatoms. The first-order chi connectivity index (χ1) is 15.0. The largest absolute Gasteiger partial charge is 0.371 e. The van der Waals surface area contributed by atoms with Gasteiger partial charge in [-0.2, -0.15) is 0 Å². The van der Waals surface area contributed by atoms with Gasteiger partial charge in [-0.25, -0.2) is 4.98 Å². The van der Waals surface area contributed by atoms with Crippen molar-refractivity contribution in [1.82, 2.24) is 19.8 Å². The van der Waals surface area contributed by atoms with E-state index >= 15 is 0 Å². The van der Waals surface area contributed by atoms with Crippen LogP contribution in [0.5, 0.6) is 0 Å². The number of rotatable bonds is 7. The molecule has 3 heterocycles. The number of nitrogens with zero attached hydrogens (tertiary/aromatic N) is 3. The molecular weight excluding hydrogens is 404 g/mol. The van der Waals surface area contributed by atoms with Gasteiger partial charge in [0.25, 0.3) is 0 Å². The van der Waals surface area contributed by atoms with Crippen molar-refractivity contribution >= 4 is 28.2 Å². The second kappa shape index (κ2) is 9.19. The quantitative estimate of drug-likeness (QED) is 0.457. The number of pyridine rings is 1. The highest BCUT2D eigenvalue weighted by Gasteiger charge is 2.25. The van der Waals surface area contributed by atoms with E-state index in [1.807, 2.05) is 24.5 Å². The van der Waals surface area contributed by atoms with Crippen LogP contribution in [0.3, 0.4) is 0 Å². The van der Waals surface area contributed by atoms with Crippen molar-refractivity contribution in [3.8, 4) is 11.3 Å². The summed E-state index contributed by atoms with van der Waals surface area (Å²) in [6, 6.07) is 10.6. The molecule has 0 aliphatic carbocycles. The van der Waals surface area contributed by atoms with Crippen molar-refractivity contribution < 1.29 is 0 Å². The molecule has 0 radical (unpaired) electrons. The molecule has 1 aliphatic rings. The van der Waals surface area contributed by atoms with Gasteiger partial charge in [0.1, 0.15) is 0 Å². The topological polar surface area (TPSA) is 35.2 Å². The first-order valence-corrected chi connectivity index (χ1v) is 11.5. The summed E-state index contributed by atoms with van der Waals surface area (Å²) in [5.74, 6) is 0. The number of allylic oxidation sites excluding steroid dienone is 1. The van der Waals surface area contributed by atoms with Crippen molar-refractivity contribution in [1.29, 1.82) is 0 Å². The van der Waals surface area contributed by atoms with E-state index in [-0.39, 0.29) is 0 Å². The molecule has 1 N–H and O–H groups in total. The van der Waals surface area contributed by atoms with Gasteiger partial charge in [0, 0.05) is 60.4 Å². The van der Waals surface area contributed by atoms with Crippen molar-refractivity contribution in [3.05, 3.63) is 72.2 Å². The minimum absolute atomic E-state index is 0.373. The number of nitrogens with one attached hydrogen (secondary N) is 1. The Kier molecular flexibility index (Phi) is 6.38. The van der Waals surface area contributed by atoms with E-state index in [2.05, 4.69) is 60.0 Å². The molecule has 1 unspecified atom stereocenters. The summed E-state index contributed by atoms with van der Waals surface area (Å²) in [5.41, 5.74) is 6.18. The van der Waals surface area contributed by atoms with Crippen molar-refractivity contribution in [2.45, 2.75) is 39.2 Å². The van der Waals surface area contributed by atoms with E-state index in [1.165, 1.54) is 18.5 Å². The van der Waals surface area contributed by atoms with Gasteiger partial charge in [0.15, 0.2) is 0 Å². The predicted molar refractivity (Wildman–Crippen MR) is 132 cm³/mol. The third-order valence-electron chi connectivity index (χ3n) is 6.23. The Morgan fingerprint density at radius 2 is 2.06 bits per heavy atom. The summed E-state index contributed by atoms with van der Waals surface area (Å²) in [4.78, 5) is 12.8. The van der Waals surface area contributed by atoms with Crippen LogP contribution in [-0.4, -0.2) is 45.4 Å². The molecule has 162 valence electrons. The van der Waals surface area contributed by atoms with E-state index in [0.717, 1.165) is 59.5 Å². The van der Waals surface area contributed by atoms with Gasteiger partial charge in [0.2, 0.25) is 0 Å². The van der Waals surface area contributed by atoms with Crippen LogP contribution in [0.4, 0.5) is 0 Å². The van der Waals surface area contributed by atoms with Crippen LogP contribution >= 0.6 is 11.6 Å². The van der Waals surface area contributed by atoms with Crippen LogP contribution in [0.2, 0.25) is 5.02 Å². The molecule has 0 amide bonds. The maximum atomic E-state index is 6.57. The molecule has 0 saturated carbocycles. The zero-order valence-corrected chi connectivity index (χ0v) is 19.3. The molecule has 4 nitrogen and oxygen atoms in total. The average Bonchev–Trinajstić information content (AvgIpc) is 3.31. The Morgan fingerprint density at radius 3 is 2.77 bits per heavy atom. The van der Waals surface area contributed by atoms with Gasteiger partial charge < -0.3 is 14.8 Å². The zero-order valence-electron chi connectivity index (χ0n) is 18.5. The summed E-state index contributed by atoms with van der Waals surface area (Å²) in [6.45, 7) is 16.2. The summed E-state index contributed by atoms with van der Waals surface area (Å²) >= 11 is 6.57. The van der Waals surface area contributed by atoms with Crippen LogP contribution in [0, 0.1) is 0 Å². The minimum Gasteiger partial charge on any atom is -0.371 e. The molecule has 0 bridgehead atoms. The van der Waals surface area contributed by atoms with Crippen molar-refractivity contribution in [3.63, 3.8) is 0 Å². The molecule has 1 saturated heterocycles. The summed E-state index contributed by atoms with van der Waals surface area (Å²) in [7, 11) is 0. The highest BCUT2D eigenvalue weighted by atomic mass is 35.5. The molecule has 0 spiro atoms. The molecule has 1 fully saturated rings. The van der Waals surface area contributed by atoms with Gasteiger partial charge in [-0.05, 0) is 43.5 Å². The molecule has 1 aromatic carbocycles. The van der Waals surface area contributed by atoms with Crippen molar-refractivity contribution in [2.75, 3.05) is 19.6 Å². The van der Waals surface area contributed by atoms with Crippen LogP contribution in [0.1, 0.15) is 38.7 Å². The zero-order chi connectivity index (χ0) is 22.0.